The van der Waals surface area contributed by atoms with Crippen molar-refractivity contribution >= 4 is 5.91 Å². The Kier molecular flexibility index (Phi) is 4.99. The molecule has 0 unspecified atom stereocenters. The summed E-state index contributed by atoms with van der Waals surface area (Å²) in [5, 5.41) is 6.04. The van der Waals surface area contributed by atoms with Crippen LogP contribution in [-0.2, 0) is 4.79 Å². The number of carbonyl (C=O) groups is 1. The van der Waals surface area contributed by atoms with Crippen LogP contribution in [0.5, 0.6) is 0 Å². The van der Waals surface area contributed by atoms with Gasteiger partial charge in [0.25, 0.3) is 0 Å². The van der Waals surface area contributed by atoms with E-state index in [0.29, 0.717) is 6.54 Å². The van der Waals surface area contributed by atoms with Crippen LogP contribution in [0.2, 0.25) is 0 Å². The molecular formula is C13H20N2O. The van der Waals surface area contributed by atoms with E-state index < -0.39 is 0 Å². The van der Waals surface area contributed by atoms with Gasteiger partial charge in [0.15, 0.2) is 0 Å². The summed E-state index contributed by atoms with van der Waals surface area (Å²) >= 11 is 0. The summed E-state index contributed by atoms with van der Waals surface area (Å²) in [7, 11) is 0. The highest BCUT2D eigenvalue weighted by molar-refractivity contribution is 5.78. The van der Waals surface area contributed by atoms with E-state index in [2.05, 4.69) is 29.7 Å². The summed E-state index contributed by atoms with van der Waals surface area (Å²) in [5.74, 6) is 0.0396. The largest absolute Gasteiger partial charge is 0.353 e. The number of hydrogen-bond donors (Lipinski definition) is 2. The molecule has 3 nitrogen and oxygen atoms in total. The smallest absolute Gasteiger partial charge is 0.234 e. The predicted octanol–water partition coefficient (Wildman–Crippen LogP) is 1.86. The maximum Gasteiger partial charge on any atom is 0.234 e. The van der Waals surface area contributed by atoms with Crippen LogP contribution in [0.4, 0.5) is 0 Å². The van der Waals surface area contributed by atoms with Crippen LogP contribution in [0.25, 0.3) is 0 Å². The van der Waals surface area contributed by atoms with Crippen LogP contribution in [0, 0.1) is 0 Å². The maximum atomic E-state index is 11.4. The molecule has 16 heavy (non-hydrogen) atoms. The third-order valence-corrected chi connectivity index (χ3v) is 2.32. The highest BCUT2D eigenvalue weighted by atomic mass is 16.1. The summed E-state index contributed by atoms with van der Waals surface area (Å²) in [5.41, 5.74) is 1.19. The molecule has 0 aromatic heterocycles. The van der Waals surface area contributed by atoms with E-state index in [9.17, 15) is 4.79 Å². The molecule has 1 rings (SSSR count). The maximum absolute atomic E-state index is 11.4. The van der Waals surface area contributed by atoms with Crippen LogP contribution >= 0.6 is 0 Å². The van der Waals surface area contributed by atoms with Crippen LogP contribution in [-0.4, -0.2) is 18.5 Å². The topological polar surface area (TPSA) is 41.1 Å². The second-order valence-corrected chi connectivity index (χ2v) is 4.24. The van der Waals surface area contributed by atoms with Crippen molar-refractivity contribution in [1.29, 1.82) is 0 Å². The first-order valence-corrected chi connectivity index (χ1v) is 5.67. The fourth-order valence-corrected chi connectivity index (χ4v) is 1.48. The zero-order chi connectivity index (χ0) is 12.0. The summed E-state index contributed by atoms with van der Waals surface area (Å²) in [6.07, 6.45) is 0. The van der Waals surface area contributed by atoms with Gasteiger partial charge in [-0.1, -0.05) is 30.3 Å². The van der Waals surface area contributed by atoms with Gasteiger partial charge >= 0.3 is 0 Å². The van der Waals surface area contributed by atoms with Gasteiger partial charge in [0.05, 0.1) is 6.54 Å². The lowest BCUT2D eigenvalue weighted by molar-refractivity contribution is -0.120. The van der Waals surface area contributed by atoms with E-state index in [1.54, 1.807) is 0 Å². The van der Waals surface area contributed by atoms with Crippen molar-refractivity contribution in [2.24, 2.45) is 0 Å². The van der Waals surface area contributed by atoms with Gasteiger partial charge in [-0.2, -0.15) is 0 Å². The molecule has 0 bridgehead atoms. The zero-order valence-corrected chi connectivity index (χ0v) is 10.2. The van der Waals surface area contributed by atoms with Gasteiger partial charge in [-0.15, -0.1) is 0 Å². The Balaban J connectivity index is 2.36. The van der Waals surface area contributed by atoms with E-state index in [1.165, 1.54) is 5.56 Å². The molecule has 0 saturated heterocycles. The minimum absolute atomic E-state index is 0.0396. The lowest BCUT2D eigenvalue weighted by Crippen LogP contribution is -2.38. The van der Waals surface area contributed by atoms with Crippen molar-refractivity contribution in [3.05, 3.63) is 35.9 Å². The van der Waals surface area contributed by atoms with Crippen LogP contribution in [0.15, 0.2) is 30.3 Å². The molecule has 0 fully saturated rings. The second kappa shape index (κ2) is 6.28. The van der Waals surface area contributed by atoms with Gasteiger partial charge in [-0.3, -0.25) is 4.79 Å². The molecule has 2 N–H and O–H groups in total. The third kappa shape index (κ3) is 4.45. The summed E-state index contributed by atoms with van der Waals surface area (Å²) in [6.45, 7) is 6.32. The predicted molar refractivity (Wildman–Crippen MR) is 66.1 cm³/mol. The first-order chi connectivity index (χ1) is 7.59. The molecular weight excluding hydrogens is 200 g/mol. The van der Waals surface area contributed by atoms with Gasteiger partial charge in [0, 0.05) is 12.1 Å². The van der Waals surface area contributed by atoms with Gasteiger partial charge in [0.2, 0.25) is 5.91 Å². The average molecular weight is 220 g/mol. The zero-order valence-electron chi connectivity index (χ0n) is 10.2. The molecule has 0 spiro atoms. The standard InChI is InChI=1S/C13H20N2O/c1-10(2)15-13(16)9-14-11(3)12-7-5-4-6-8-12/h4-8,10-11,14H,9H2,1-3H3,(H,15,16)/t11-/m0/s1. The fourth-order valence-electron chi connectivity index (χ4n) is 1.48. The number of hydrogen-bond acceptors (Lipinski definition) is 2. The number of nitrogens with one attached hydrogen (secondary N) is 2. The van der Waals surface area contributed by atoms with E-state index in [0.717, 1.165) is 0 Å². The molecule has 1 aromatic carbocycles. The number of benzene rings is 1. The molecule has 0 heterocycles. The summed E-state index contributed by atoms with van der Waals surface area (Å²) in [6, 6.07) is 10.5. The van der Waals surface area contributed by atoms with Crippen LogP contribution in [0.1, 0.15) is 32.4 Å². The molecule has 88 valence electrons. The Bertz CT molecular complexity index is 322. The molecule has 0 aliphatic rings. The second-order valence-electron chi connectivity index (χ2n) is 4.24. The minimum Gasteiger partial charge on any atom is -0.353 e. The van der Waals surface area contributed by atoms with E-state index in [-0.39, 0.29) is 18.0 Å². The number of rotatable bonds is 5. The molecule has 0 radical (unpaired) electrons. The Hall–Kier alpha value is -1.35. The monoisotopic (exact) mass is 220 g/mol. The molecule has 0 aliphatic carbocycles. The van der Waals surface area contributed by atoms with Crippen molar-refractivity contribution < 1.29 is 4.79 Å². The van der Waals surface area contributed by atoms with Crippen molar-refractivity contribution in [1.82, 2.24) is 10.6 Å². The lowest BCUT2D eigenvalue weighted by Gasteiger charge is -2.15. The van der Waals surface area contributed by atoms with E-state index >= 15 is 0 Å². The fraction of sp³-hybridized carbons (Fsp3) is 0.462. The Labute approximate surface area is 97.2 Å². The SMILES string of the molecule is CC(C)NC(=O)CN[C@@H](C)c1ccccc1. The Morgan fingerprint density at radius 1 is 1.19 bits per heavy atom. The van der Waals surface area contributed by atoms with Crippen molar-refractivity contribution in [2.75, 3.05) is 6.54 Å². The minimum atomic E-state index is 0.0396. The van der Waals surface area contributed by atoms with Crippen molar-refractivity contribution in [3.8, 4) is 0 Å². The quantitative estimate of drug-likeness (QED) is 0.795. The molecule has 3 heteroatoms. The molecule has 1 amide bonds. The van der Waals surface area contributed by atoms with Crippen LogP contribution in [0.3, 0.4) is 0 Å². The Morgan fingerprint density at radius 2 is 1.81 bits per heavy atom. The van der Waals surface area contributed by atoms with Gasteiger partial charge in [-0.05, 0) is 26.3 Å². The first kappa shape index (κ1) is 12.7. The van der Waals surface area contributed by atoms with Crippen molar-refractivity contribution in [2.45, 2.75) is 32.9 Å². The highest BCUT2D eigenvalue weighted by Gasteiger charge is 2.07. The molecule has 1 aromatic rings. The van der Waals surface area contributed by atoms with E-state index in [1.807, 2.05) is 32.0 Å². The average Bonchev–Trinajstić information content (AvgIpc) is 2.26. The highest BCUT2D eigenvalue weighted by Crippen LogP contribution is 2.10. The van der Waals surface area contributed by atoms with Crippen molar-refractivity contribution in [3.63, 3.8) is 0 Å². The van der Waals surface area contributed by atoms with Crippen LogP contribution < -0.4 is 10.6 Å². The number of amides is 1. The molecule has 0 saturated carbocycles. The van der Waals surface area contributed by atoms with Gasteiger partial charge in [-0.25, -0.2) is 0 Å². The number of carbonyl (C=O) groups excluding carboxylic acids is 1. The van der Waals surface area contributed by atoms with Gasteiger partial charge in [0.1, 0.15) is 0 Å². The van der Waals surface area contributed by atoms with Gasteiger partial charge < -0.3 is 10.6 Å². The molecule has 0 aliphatic heterocycles. The molecule has 1 atom stereocenters. The summed E-state index contributed by atoms with van der Waals surface area (Å²) < 4.78 is 0. The first-order valence-electron chi connectivity index (χ1n) is 5.67. The Morgan fingerprint density at radius 3 is 2.38 bits per heavy atom. The van der Waals surface area contributed by atoms with E-state index in [4.69, 9.17) is 0 Å². The lowest BCUT2D eigenvalue weighted by atomic mass is 10.1. The normalized spacial score (nSPS) is 12.5. The third-order valence-electron chi connectivity index (χ3n) is 2.32. The summed E-state index contributed by atoms with van der Waals surface area (Å²) in [4.78, 5) is 11.4.